The Kier molecular flexibility index (Phi) is 4.57. The molecule has 4 nitrogen and oxygen atoms in total. The molecule has 0 radical (unpaired) electrons. The highest BCUT2D eigenvalue weighted by Crippen LogP contribution is 2.21. The molecule has 1 aromatic heterocycles. The minimum Gasteiger partial charge on any atom is -0.337 e. The van der Waals surface area contributed by atoms with Crippen LogP contribution >= 0.6 is 11.6 Å². The minimum absolute atomic E-state index is 0.505. The maximum Gasteiger partial charge on any atom is 0.225 e. The second kappa shape index (κ2) is 6.17. The number of hydrogen-bond donors (Lipinski definition) is 1. The predicted octanol–water partition coefficient (Wildman–Crippen LogP) is 2.10. The van der Waals surface area contributed by atoms with Gasteiger partial charge in [0, 0.05) is 19.1 Å². The molecule has 1 unspecified atom stereocenters. The lowest BCUT2D eigenvalue weighted by atomic mass is 10.0. The van der Waals surface area contributed by atoms with E-state index in [0.717, 1.165) is 25.6 Å². The van der Waals surface area contributed by atoms with Crippen LogP contribution in [0.1, 0.15) is 26.2 Å². The quantitative estimate of drug-likeness (QED) is 0.894. The van der Waals surface area contributed by atoms with Crippen LogP contribution in [-0.2, 0) is 0 Å². The topological polar surface area (TPSA) is 41.0 Å². The van der Waals surface area contributed by atoms with E-state index in [4.69, 9.17) is 11.6 Å². The number of piperidine rings is 1. The number of aromatic nitrogens is 2. The second-order valence-corrected chi connectivity index (χ2v) is 4.79. The van der Waals surface area contributed by atoms with Gasteiger partial charge < -0.3 is 10.2 Å². The number of halogens is 1. The lowest BCUT2D eigenvalue weighted by Crippen LogP contribution is -2.46. The van der Waals surface area contributed by atoms with Gasteiger partial charge in [-0.25, -0.2) is 9.97 Å². The van der Waals surface area contributed by atoms with Gasteiger partial charge in [-0.3, -0.25) is 0 Å². The van der Waals surface area contributed by atoms with Crippen LogP contribution in [0, 0.1) is 0 Å². The van der Waals surface area contributed by atoms with E-state index >= 15 is 0 Å². The minimum atomic E-state index is 0.505. The fourth-order valence-corrected chi connectivity index (χ4v) is 2.34. The highest BCUT2D eigenvalue weighted by atomic mass is 35.5. The zero-order valence-electron chi connectivity index (χ0n) is 10.2. The highest BCUT2D eigenvalue weighted by Gasteiger charge is 2.23. The zero-order valence-corrected chi connectivity index (χ0v) is 11.0. The second-order valence-electron chi connectivity index (χ2n) is 4.35. The Morgan fingerprint density at radius 3 is 2.88 bits per heavy atom. The van der Waals surface area contributed by atoms with Crippen molar-refractivity contribution in [2.24, 2.45) is 0 Å². The first-order chi connectivity index (χ1) is 8.31. The highest BCUT2D eigenvalue weighted by molar-refractivity contribution is 6.30. The number of likely N-dealkylation sites (N-methyl/N-ethyl adjacent to an activating group) is 1. The summed E-state index contributed by atoms with van der Waals surface area (Å²) in [4.78, 5) is 10.9. The van der Waals surface area contributed by atoms with Crippen LogP contribution in [0.3, 0.4) is 0 Å². The van der Waals surface area contributed by atoms with Crippen molar-refractivity contribution in [3.8, 4) is 0 Å². The molecule has 1 aromatic rings. The van der Waals surface area contributed by atoms with Gasteiger partial charge in [-0.15, -0.1) is 0 Å². The van der Waals surface area contributed by atoms with Crippen molar-refractivity contribution >= 4 is 17.5 Å². The molecule has 1 aliphatic rings. The average Bonchev–Trinajstić information content (AvgIpc) is 2.38. The van der Waals surface area contributed by atoms with Crippen molar-refractivity contribution in [1.82, 2.24) is 15.3 Å². The Morgan fingerprint density at radius 2 is 2.18 bits per heavy atom. The van der Waals surface area contributed by atoms with E-state index in [1.54, 1.807) is 12.4 Å². The van der Waals surface area contributed by atoms with Gasteiger partial charge in [0.25, 0.3) is 0 Å². The van der Waals surface area contributed by atoms with E-state index in [2.05, 4.69) is 27.1 Å². The fourth-order valence-electron chi connectivity index (χ4n) is 2.24. The largest absolute Gasteiger partial charge is 0.337 e. The number of nitrogens with one attached hydrogen (secondary N) is 1. The Morgan fingerprint density at radius 1 is 1.41 bits per heavy atom. The molecule has 1 saturated heterocycles. The molecule has 0 amide bonds. The third-order valence-corrected chi connectivity index (χ3v) is 3.32. The van der Waals surface area contributed by atoms with Gasteiger partial charge in [0.15, 0.2) is 0 Å². The van der Waals surface area contributed by atoms with Gasteiger partial charge in [-0.2, -0.15) is 0 Å². The molecule has 0 saturated carbocycles. The average molecular weight is 255 g/mol. The van der Waals surface area contributed by atoms with Gasteiger partial charge in [-0.05, 0) is 25.8 Å². The van der Waals surface area contributed by atoms with Crippen LogP contribution in [0.2, 0.25) is 5.02 Å². The predicted molar refractivity (Wildman–Crippen MR) is 70.6 cm³/mol. The lowest BCUT2D eigenvalue weighted by molar-refractivity contribution is 0.433. The molecule has 17 heavy (non-hydrogen) atoms. The molecule has 0 spiro atoms. The summed E-state index contributed by atoms with van der Waals surface area (Å²) >= 11 is 5.81. The molecule has 1 N–H and O–H groups in total. The Balaban J connectivity index is 2.07. The van der Waals surface area contributed by atoms with Crippen LogP contribution in [0.5, 0.6) is 0 Å². The van der Waals surface area contributed by atoms with Crippen LogP contribution in [-0.4, -0.2) is 35.6 Å². The lowest BCUT2D eigenvalue weighted by Gasteiger charge is -2.35. The Bertz CT molecular complexity index is 341. The van der Waals surface area contributed by atoms with Crippen molar-refractivity contribution in [3.63, 3.8) is 0 Å². The first kappa shape index (κ1) is 12.6. The summed E-state index contributed by atoms with van der Waals surface area (Å²) in [7, 11) is 0. The molecule has 0 aliphatic carbocycles. The summed E-state index contributed by atoms with van der Waals surface area (Å²) in [6.45, 7) is 5.18. The third-order valence-electron chi connectivity index (χ3n) is 3.12. The van der Waals surface area contributed by atoms with E-state index in [1.165, 1.54) is 19.3 Å². The molecule has 1 fully saturated rings. The van der Waals surface area contributed by atoms with Gasteiger partial charge >= 0.3 is 0 Å². The molecule has 2 rings (SSSR count). The summed E-state index contributed by atoms with van der Waals surface area (Å²) in [5, 5.41) is 4.00. The van der Waals surface area contributed by atoms with Crippen molar-refractivity contribution in [2.45, 2.75) is 32.2 Å². The molecule has 0 aromatic carbocycles. The van der Waals surface area contributed by atoms with Gasteiger partial charge in [0.05, 0.1) is 17.4 Å². The maximum absolute atomic E-state index is 5.81. The normalized spacial score (nSPS) is 20.6. The van der Waals surface area contributed by atoms with E-state index in [0.29, 0.717) is 11.1 Å². The van der Waals surface area contributed by atoms with Gasteiger partial charge in [0.2, 0.25) is 5.95 Å². The number of rotatable bonds is 4. The first-order valence-corrected chi connectivity index (χ1v) is 6.64. The Labute approximate surface area is 107 Å². The van der Waals surface area contributed by atoms with Crippen LogP contribution in [0.15, 0.2) is 12.4 Å². The molecular weight excluding hydrogens is 236 g/mol. The van der Waals surface area contributed by atoms with E-state index in [1.807, 2.05) is 0 Å². The zero-order chi connectivity index (χ0) is 12.1. The molecule has 0 bridgehead atoms. The summed E-state index contributed by atoms with van der Waals surface area (Å²) in [6.07, 6.45) is 7.05. The van der Waals surface area contributed by atoms with Crippen LogP contribution in [0.25, 0.3) is 0 Å². The van der Waals surface area contributed by atoms with Crippen LogP contribution in [0.4, 0.5) is 5.95 Å². The van der Waals surface area contributed by atoms with Crippen molar-refractivity contribution in [2.75, 3.05) is 24.5 Å². The van der Waals surface area contributed by atoms with Crippen molar-refractivity contribution in [3.05, 3.63) is 17.4 Å². The number of anilines is 1. The monoisotopic (exact) mass is 254 g/mol. The smallest absolute Gasteiger partial charge is 0.225 e. The number of hydrogen-bond acceptors (Lipinski definition) is 4. The molecular formula is C12H19ClN4. The van der Waals surface area contributed by atoms with Crippen LogP contribution < -0.4 is 10.2 Å². The summed E-state index contributed by atoms with van der Waals surface area (Å²) in [5.41, 5.74) is 0. The summed E-state index contributed by atoms with van der Waals surface area (Å²) in [6, 6.07) is 0.505. The number of nitrogens with zero attached hydrogens (tertiary/aromatic N) is 3. The Hall–Kier alpha value is -0.870. The molecule has 1 atom stereocenters. The third kappa shape index (κ3) is 3.30. The standard InChI is InChI=1S/C12H19ClN4/c1-2-14-9-11-5-3-4-6-17(11)12-15-7-10(13)8-16-12/h7-8,11,14H,2-6,9H2,1H3. The van der Waals surface area contributed by atoms with E-state index < -0.39 is 0 Å². The molecule has 5 heteroatoms. The van der Waals surface area contributed by atoms with E-state index in [-0.39, 0.29) is 0 Å². The van der Waals surface area contributed by atoms with Crippen molar-refractivity contribution in [1.29, 1.82) is 0 Å². The SMILES string of the molecule is CCNCC1CCCCN1c1ncc(Cl)cn1. The maximum atomic E-state index is 5.81. The van der Waals surface area contributed by atoms with Gasteiger partial charge in [0.1, 0.15) is 0 Å². The van der Waals surface area contributed by atoms with Gasteiger partial charge in [-0.1, -0.05) is 18.5 Å². The fraction of sp³-hybridized carbons (Fsp3) is 0.667. The summed E-state index contributed by atoms with van der Waals surface area (Å²) in [5.74, 6) is 0.803. The molecule has 94 valence electrons. The summed E-state index contributed by atoms with van der Waals surface area (Å²) < 4.78 is 0. The molecule has 1 aliphatic heterocycles. The molecule has 2 heterocycles. The first-order valence-electron chi connectivity index (χ1n) is 6.26. The van der Waals surface area contributed by atoms with E-state index in [9.17, 15) is 0 Å². The van der Waals surface area contributed by atoms with Crippen molar-refractivity contribution < 1.29 is 0 Å².